The first kappa shape index (κ1) is 23.2. The van der Waals surface area contributed by atoms with Gasteiger partial charge in [0, 0.05) is 44.5 Å². The van der Waals surface area contributed by atoms with Crippen LogP contribution in [0.25, 0.3) is 16.7 Å². The second kappa shape index (κ2) is 9.50. The van der Waals surface area contributed by atoms with Gasteiger partial charge in [0.15, 0.2) is 0 Å². The van der Waals surface area contributed by atoms with E-state index in [4.69, 9.17) is 9.90 Å². The van der Waals surface area contributed by atoms with E-state index in [0.29, 0.717) is 6.04 Å². The average Bonchev–Trinajstić information content (AvgIpc) is 3.36. The van der Waals surface area contributed by atoms with Gasteiger partial charge in [-0.3, -0.25) is 14.4 Å². The van der Waals surface area contributed by atoms with Crippen molar-refractivity contribution in [2.45, 2.75) is 31.3 Å². The van der Waals surface area contributed by atoms with Crippen molar-refractivity contribution in [1.29, 1.82) is 0 Å². The topological polar surface area (TPSA) is 81.8 Å². The fourth-order valence-electron chi connectivity index (χ4n) is 4.41. The summed E-state index contributed by atoms with van der Waals surface area (Å²) in [5.41, 5.74) is 4.64. The van der Waals surface area contributed by atoms with E-state index in [1.165, 1.54) is 5.56 Å². The van der Waals surface area contributed by atoms with Crippen LogP contribution in [0.5, 0.6) is 0 Å². The summed E-state index contributed by atoms with van der Waals surface area (Å²) in [5, 5.41) is 17.0. The van der Waals surface area contributed by atoms with Crippen LogP contribution in [0.15, 0.2) is 54.9 Å². The highest BCUT2D eigenvalue weighted by atomic mass is 19.4. The molecule has 33 heavy (non-hydrogen) atoms. The molecule has 2 N–H and O–H groups in total. The normalized spacial score (nSPS) is 21.5. The van der Waals surface area contributed by atoms with Crippen LogP contribution in [-0.4, -0.2) is 80.0 Å². The van der Waals surface area contributed by atoms with Crippen LogP contribution in [0.3, 0.4) is 0 Å². The van der Waals surface area contributed by atoms with E-state index in [9.17, 15) is 18.3 Å². The van der Waals surface area contributed by atoms with Crippen LogP contribution < -0.4 is 0 Å². The predicted molar refractivity (Wildman–Crippen MR) is 116 cm³/mol. The van der Waals surface area contributed by atoms with Gasteiger partial charge in [-0.05, 0) is 36.2 Å². The molecule has 0 radical (unpaired) electrons. The molecule has 0 spiro atoms. The van der Waals surface area contributed by atoms with Crippen LogP contribution in [0.4, 0.5) is 13.2 Å². The summed E-state index contributed by atoms with van der Waals surface area (Å²) in [4.78, 5) is 18.3. The van der Waals surface area contributed by atoms with Crippen molar-refractivity contribution in [3.05, 3.63) is 60.4 Å². The maximum atomic E-state index is 10.6. The van der Waals surface area contributed by atoms with E-state index in [1.807, 2.05) is 18.5 Å². The molecule has 2 aliphatic heterocycles. The molecule has 0 amide bonds. The molecule has 2 atom stereocenters. The zero-order valence-electron chi connectivity index (χ0n) is 17.8. The fraction of sp³-hybridized carbons (Fsp3) is 0.391. The van der Waals surface area contributed by atoms with Crippen molar-refractivity contribution in [2.24, 2.45) is 0 Å². The number of alkyl halides is 3. The minimum absolute atomic E-state index is 0.135. The third-order valence-electron chi connectivity index (χ3n) is 5.99. The van der Waals surface area contributed by atoms with E-state index in [2.05, 4.69) is 55.7 Å². The van der Waals surface area contributed by atoms with Gasteiger partial charge in [0.1, 0.15) is 6.33 Å². The number of carbonyl (C=O) groups is 1. The molecule has 3 heterocycles. The van der Waals surface area contributed by atoms with Gasteiger partial charge in [-0.25, -0.2) is 9.78 Å². The number of fused-ring (bicyclic) bond motifs is 2. The Morgan fingerprint density at radius 1 is 1.06 bits per heavy atom. The first-order valence-electron chi connectivity index (χ1n) is 10.7. The summed E-state index contributed by atoms with van der Waals surface area (Å²) in [7, 11) is 0. The van der Waals surface area contributed by atoms with Crippen molar-refractivity contribution >= 4 is 17.0 Å². The zero-order chi connectivity index (χ0) is 23.6. The molecule has 2 aromatic carbocycles. The number of hydrogen-bond donors (Lipinski definition) is 2. The maximum Gasteiger partial charge on any atom is 0.490 e. The summed E-state index contributed by atoms with van der Waals surface area (Å²) in [6, 6.07) is 17.5. The van der Waals surface area contributed by atoms with E-state index in [-0.39, 0.29) is 6.10 Å². The molecule has 0 unspecified atom stereocenters. The van der Waals surface area contributed by atoms with Crippen LogP contribution >= 0.6 is 0 Å². The van der Waals surface area contributed by atoms with Crippen LogP contribution in [0, 0.1) is 0 Å². The maximum absolute atomic E-state index is 10.6. The Morgan fingerprint density at radius 2 is 1.76 bits per heavy atom. The number of carboxylic acids is 1. The Bertz CT molecular complexity index is 1100. The standard InChI is InChI=1S/C21H24N4O.C2HF3O2/c26-19-11-18-13-23(9-10-24(18)14-19)12-16-5-7-17(8-6-16)25-15-22-20-3-1-2-4-21(20)25;3-2(4,5)1(6)7/h1-8,15,18-19,26H,9-14H2;(H,6,7)/t18-,19+;/m0./s1. The monoisotopic (exact) mass is 462 g/mol. The number of para-hydroxylation sites is 2. The minimum atomic E-state index is -5.08. The quantitative estimate of drug-likeness (QED) is 0.623. The Hall–Kier alpha value is -2.95. The number of hydrogen-bond acceptors (Lipinski definition) is 5. The lowest BCUT2D eigenvalue weighted by Gasteiger charge is -2.37. The third-order valence-corrected chi connectivity index (χ3v) is 5.99. The second-order valence-corrected chi connectivity index (χ2v) is 8.35. The highest BCUT2D eigenvalue weighted by molar-refractivity contribution is 5.77. The Morgan fingerprint density at radius 3 is 2.45 bits per heavy atom. The lowest BCUT2D eigenvalue weighted by Crippen LogP contribution is -2.49. The number of rotatable bonds is 3. The van der Waals surface area contributed by atoms with E-state index in [1.54, 1.807) is 0 Å². The Labute approximate surface area is 188 Å². The highest BCUT2D eigenvalue weighted by Crippen LogP contribution is 2.24. The molecular formula is C23H25F3N4O3. The Kier molecular flexibility index (Phi) is 6.68. The van der Waals surface area contributed by atoms with Crippen molar-refractivity contribution in [3.8, 4) is 5.69 Å². The molecule has 0 saturated carbocycles. The molecule has 0 bridgehead atoms. The number of nitrogens with zero attached hydrogens (tertiary/aromatic N) is 4. The molecule has 10 heteroatoms. The van der Waals surface area contributed by atoms with Gasteiger partial charge in [-0.2, -0.15) is 13.2 Å². The number of benzene rings is 2. The SMILES string of the molecule is O=C(O)C(F)(F)F.O[C@@H]1C[C@H]2CN(Cc3ccc(-n4cnc5ccccc54)cc3)CCN2C1. The van der Waals surface area contributed by atoms with Gasteiger partial charge >= 0.3 is 12.1 Å². The van der Waals surface area contributed by atoms with Crippen molar-refractivity contribution in [1.82, 2.24) is 19.4 Å². The smallest absolute Gasteiger partial charge is 0.475 e. The number of halogens is 3. The number of piperazine rings is 1. The molecule has 7 nitrogen and oxygen atoms in total. The van der Waals surface area contributed by atoms with Crippen molar-refractivity contribution in [2.75, 3.05) is 26.2 Å². The molecule has 2 fully saturated rings. The second-order valence-electron chi connectivity index (χ2n) is 8.35. The lowest BCUT2D eigenvalue weighted by atomic mass is 10.1. The van der Waals surface area contributed by atoms with Gasteiger partial charge in [-0.1, -0.05) is 24.3 Å². The number of aliphatic hydroxyl groups is 1. The van der Waals surface area contributed by atoms with Gasteiger partial charge in [0.05, 0.1) is 17.1 Å². The predicted octanol–water partition coefficient (Wildman–Crippen LogP) is 2.91. The first-order chi connectivity index (χ1) is 15.7. The zero-order valence-corrected chi connectivity index (χ0v) is 17.8. The van der Waals surface area contributed by atoms with Gasteiger partial charge in [-0.15, -0.1) is 0 Å². The third kappa shape index (κ3) is 5.52. The number of carboxylic acid groups (broad SMARTS) is 1. The van der Waals surface area contributed by atoms with Gasteiger partial charge in [0.25, 0.3) is 0 Å². The van der Waals surface area contributed by atoms with Crippen molar-refractivity contribution < 1.29 is 28.2 Å². The van der Waals surface area contributed by atoms with Crippen molar-refractivity contribution in [3.63, 3.8) is 0 Å². The van der Waals surface area contributed by atoms with Crippen LogP contribution in [-0.2, 0) is 11.3 Å². The van der Waals surface area contributed by atoms with Gasteiger partial charge in [0.2, 0.25) is 0 Å². The molecule has 5 rings (SSSR count). The Balaban J connectivity index is 0.000000325. The van der Waals surface area contributed by atoms with E-state index in [0.717, 1.165) is 55.9 Å². The number of aliphatic hydroxyl groups excluding tert-OH is 1. The highest BCUT2D eigenvalue weighted by Gasteiger charge is 2.38. The molecule has 2 aliphatic rings. The number of aromatic nitrogens is 2. The fourth-order valence-corrected chi connectivity index (χ4v) is 4.41. The molecule has 3 aromatic rings. The minimum Gasteiger partial charge on any atom is -0.475 e. The molecular weight excluding hydrogens is 437 g/mol. The molecule has 0 aliphatic carbocycles. The first-order valence-corrected chi connectivity index (χ1v) is 10.7. The van der Waals surface area contributed by atoms with Gasteiger partial charge < -0.3 is 10.2 Å². The number of aliphatic carboxylic acids is 1. The van der Waals surface area contributed by atoms with Crippen LogP contribution in [0.1, 0.15) is 12.0 Å². The van der Waals surface area contributed by atoms with Crippen LogP contribution in [0.2, 0.25) is 0 Å². The summed E-state index contributed by atoms with van der Waals surface area (Å²) in [6.07, 6.45) is -2.41. The summed E-state index contributed by atoms with van der Waals surface area (Å²) >= 11 is 0. The average molecular weight is 462 g/mol. The molecule has 2 saturated heterocycles. The lowest BCUT2D eigenvalue weighted by molar-refractivity contribution is -0.192. The van der Waals surface area contributed by atoms with E-state index >= 15 is 0 Å². The number of imidazole rings is 1. The van der Waals surface area contributed by atoms with E-state index < -0.39 is 12.1 Å². The summed E-state index contributed by atoms with van der Waals surface area (Å²) in [6.45, 7) is 5.04. The summed E-state index contributed by atoms with van der Waals surface area (Å²) in [5.74, 6) is -2.76. The molecule has 1 aromatic heterocycles. The largest absolute Gasteiger partial charge is 0.490 e. The summed E-state index contributed by atoms with van der Waals surface area (Å²) < 4.78 is 33.9. The molecule has 176 valence electrons.